The van der Waals surface area contributed by atoms with Crippen molar-refractivity contribution >= 4 is 28.6 Å². The third kappa shape index (κ3) is 5.57. The highest BCUT2D eigenvalue weighted by Gasteiger charge is 2.34. The number of halogens is 3. The number of methoxy groups -OCH3 is 1. The molecule has 3 rings (SSSR count). The Hall–Kier alpha value is -3.69. The molecule has 174 valence electrons. The summed E-state index contributed by atoms with van der Waals surface area (Å²) in [6, 6.07) is 10.9. The van der Waals surface area contributed by atoms with Crippen LogP contribution in [0.1, 0.15) is 35.6 Å². The summed E-state index contributed by atoms with van der Waals surface area (Å²) in [5.74, 6) is -0.964. The summed E-state index contributed by atoms with van der Waals surface area (Å²) in [7, 11) is 1.29. The van der Waals surface area contributed by atoms with E-state index in [0.717, 1.165) is 12.1 Å². The summed E-state index contributed by atoms with van der Waals surface area (Å²) in [6.45, 7) is 3.48. The van der Waals surface area contributed by atoms with E-state index in [1.807, 2.05) is 13.8 Å². The second-order valence-corrected chi connectivity index (χ2v) is 7.62. The fraction of sp³-hybridized carbons (Fsp3) is 0.304. The molecule has 7 nitrogen and oxygen atoms in total. The van der Waals surface area contributed by atoms with Gasteiger partial charge in [0.05, 0.1) is 30.3 Å². The third-order valence-electron chi connectivity index (χ3n) is 4.95. The first-order chi connectivity index (χ1) is 15.6. The molecule has 1 amide bonds. The number of amides is 1. The number of hydrogen-bond donors (Lipinski definition) is 2. The van der Waals surface area contributed by atoms with Crippen LogP contribution in [-0.4, -0.2) is 35.0 Å². The highest BCUT2D eigenvalue weighted by atomic mass is 19.4. The van der Waals surface area contributed by atoms with E-state index in [1.165, 1.54) is 19.2 Å². The van der Waals surface area contributed by atoms with E-state index < -0.39 is 35.2 Å². The first kappa shape index (κ1) is 24.0. The fourth-order valence-electron chi connectivity index (χ4n) is 3.27. The minimum Gasteiger partial charge on any atom is -0.467 e. The summed E-state index contributed by atoms with van der Waals surface area (Å²) in [5, 5.41) is 6.16. The summed E-state index contributed by atoms with van der Waals surface area (Å²) < 4.78 is 44.6. The van der Waals surface area contributed by atoms with Gasteiger partial charge in [-0.05, 0) is 30.2 Å². The van der Waals surface area contributed by atoms with Gasteiger partial charge in [0.2, 0.25) is 0 Å². The lowest BCUT2D eigenvalue weighted by Crippen LogP contribution is -2.36. The van der Waals surface area contributed by atoms with Crippen LogP contribution in [0.4, 0.5) is 19.0 Å². The summed E-state index contributed by atoms with van der Waals surface area (Å²) in [4.78, 5) is 33.5. The number of rotatable bonds is 7. The van der Waals surface area contributed by atoms with E-state index in [0.29, 0.717) is 16.7 Å². The van der Waals surface area contributed by atoms with Gasteiger partial charge in [0.25, 0.3) is 5.91 Å². The number of alkyl halides is 3. The molecule has 1 aromatic heterocycles. The number of fused-ring (bicyclic) bond motifs is 1. The number of aromatic nitrogens is 2. The van der Waals surface area contributed by atoms with Crippen molar-refractivity contribution in [1.82, 2.24) is 15.3 Å². The standard InChI is InChI=1S/C23H23F3N4O3/c1-13(2)19(22(32)33-3)30-20-15-9-5-7-11-17(15)28-18(29-20)12-27-21(31)14-8-4-6-10-16(14)23(24,25)26/h4-11,13,19H,12H2,1-3H3,(H,27,31)(H,28,29,30)/t19-/m0/s1. The molecule has 0 bridgehead atoms. The second-order valence-electron chi connectivity index (χ2n) is 7.62. The molecular weight excluding hydrogens is 437 g/mol. The number of carbonyl (C=O) groups excluding carboxylic acids is 2. The highest BCUT2D eigenvalue weighted by molar-refractivity contribution is 5.96. The van der Waals surface area contributed by atoms with Crippen LogP contribution in [0.25, 0.3) is 10.9 Å². The Morgan fingerprint density at radius 3 is 2.36 bits per heavy atom. The fourth-order valence-corrected chi connectivity index (χ4v) is 3.27. The van der Waals surface area contributed by atoms with Gasteiger partial charge in [-0.3, -0.25) is 4.79 Å². The second kappa shape index (κ2) is 9.85. The largest absolute Gasteiger partial charge is 0.467 e. The van der Waals surface area contributed by atoms with E-state index in [4.69, 9.17) is 4.74 Å². The van der Waals surface area contributed by atoms with Gasteiger partial charge >= 0.3 is 12.1 Å². The maximum atomic E-state index is 13.2. The van der Waals surface area contributed by atoms with Crippen LogP contribution in [-0.2, 0) is 22.3 Å². The molecule has 0 spiro atoms. The van der Waals surface area contributed by atoms with E-state index in [2.05, 4.69) is 20.6 Å². The van der Waals surface area contributed by atoms with Crippen LogP contribution in [0.2, 0.25) is 0 Å². The number of nitrogens with one attached hydrogen (secondary N) is 2. The van der Waals surface area contributed by atoms with Crippen molar-refractivity contribution in [2.45, 2.75) is 32.6 Å². The predicted molar refractivity (Wildman–Crippen MR) is 116 cm³/mol. The Labute approximate surface area is 188 Å². The van der Waals surface area contributed by atoms with Crippen LogP contribution < -0.4 is 10.6 Å². The van der Waals surface area contributed by atoms with Gasteiger partial charge < -0.3 is 15.4 Å². The SMILES string of the molecule is COC(=O)[C@@H](Nc1nc(CNC(=O)c2ccccc2C(F)(F)F)nc2ccccc12)C(C)C. The zero-order chi connectivity index (χ0) is 24.2. The molecule has 1 atom stereocenters. The number of para-hydroxylation sites is 1. The van der Waals surface area contributed by atoms with E-state index in [-0.39, 0.29) is 18.3 Å². The molecule has 0 aliphatic rings. The molecule has 0 saturated heterocycles. The Bertz CT molecular complexity index is 1170. The van der Waals surface area contributed by atoms with Crippen molar-refractivity contribution in [2.24, 2.45) is 5.92 Å². The molecule has 0 saturated carbocycles. The maximum Gasteiger partial charge on any atom is 0.417 e. The molecule has 3 aromatic rings. The molecule has 0 radical (unpaired) electrons. The number of hydrogen-bond acceptors (Lipinski definition) is 6. The molecule has 0 unspecified atom stereocenters. The topological polar surface area (TPSA) is 93.2 Å². The summed E-state index contributed by atoms with van der Waals surface area (Å²) in [6.07, 6.45) is -4.66. The van der Waals surface area contributed by atoms with Crippen molar-refractivity contribution in [1.29, 1.82) is 0 Å². The van der Waals surface area contributed by atoms with Crippen LogP contribution in [0, 0.1) is 5.92 Å². The van der Waals surface area contributed by atoms with Gasteiger partial charge in [0.15, 0.2) is 5.82 Å². The quantitative estimate of drug-likeness (QED) is 0.514. The lowest BCUT2D eigenvalue weighted by molar-refractivity contribution is -0.142. The maximum absolute atomic E-state index is 13.2. The number of esters is 1. The smallest absolute Gasteiger partial charge is 0.417 e. The lowest BCUT2D eigenvalue weighted by atomic mass is 10.0. The monoisotopic (exact) mass is 460 g/mol. The average Bonchev–Trinajstić information content (AvgIpc) is 2.79. The molecule has 1 heterocycles. The summed E-state index contributed by atoms with van der Waals surface area (Å²) in [5.41, 5.74) is -0.973. The lowest BCUT2D eigenvalue weighted by Gasteiger charge is -2.21. The van der Waals surface area contributed by atoms with Crippen LogP contribution in [0.5, 0.6) is 0 Å². The van der Waals surface area contributed by atoms with Gasteiger partial charge in [-0.1, -0.05) is 38.1 Å². The predicted octanol–water partition coefficient (Wildman–Crippen LogP) is 4.19. The number of ether oxygens (including phenoxy) is 1. The molecular formula is C23H23F3N4O3. The Morgan fingerprint density at radius 1 is 1.03 bits per heavy atom. The van der Waals surface area contributed by atoms with Crippen molar-refractivity contribution < 1.29 is 27.5 Å². The number of nitrogens with zero attached hydrogens (tertiary/aromatic N) is 2. The Morgan fingerprint density at radius 2 is 1.70 bits per heavy atom. The van der Waals surface area contributed by atoms with Crippen LogP contribution >= 0.6 is 0 Å². The highest BCUT2D eigenvalue weighted by Crippen LogP contribution is 2.31. The molecule has 2 aromatic carbocycles. The summed E-state index contributed by atoms with van der Waals surface area (Å²) >= 11 is 0. The van der Waals surface area contributed by atoms with Crippen LogP contribution in [0.15, 0.2) is 48.5 Å². The Kier molecular flexibility index (Phi) is 7.15. The van der Waals surface area contributed by atoms with Gasteiger partial charge in [0, 0.05) is 5.39 Å². The third-order valence-corrected chi connectivity index (χ3v) is 4.95. The van der Waals surface area contributed by atoms with E-state index in [9.17, 15) is 22.8 Å². The van der Waals surface area contributed by atoms with E-state index >= 15 is 0 Å². The minimum atomic E-state index is -4.66. The number of benzene rings is 2. The minimum absolute atomic E-state index is 0.117. The number of carbonyl (C=O) groups is 2. The molecule has 0 aliphatic carbocycles. The van der Waals surface area contributed by atoms with Gasteiger partial charge in [-0.15, -0.1) is 0 Å². The van der Waals surface area contributed by atoms with Gasteiger partial charge in [-0.25, -0.2) is 14.8 Å². The Balaban J connectivity index is 1.89. The zero-order valence-corrected chi connectivity index (χ0v) is 18.2. The van der Waals surface area contributed by atoms with Gasteiger partial charge in [-0.2, -0.15) is 13.2 Å². The first-order valence-electron chi connectivity index (χ1n) is 10.2. The van der Waals surface area contributed by atoms with Crippen LogP contribution in [0.3, 0.4) is 0 Å². The number of anilines is 1. The van der Waals surface area contributed by atoms with Crippen molar-refractivity contribution in [3.05, 3.63) is 65.5 Å². The van der Waals surface area contributed by atoms with Crippen molar-refractivity contribution in [2.75, 3.05) is 12.4 Å². The molecule has 33 heavy (non-hydrogen) atoms. The molecule has 10 heteroatoms. The van der Waals surface area contributed by atoms with Gasteiger partial charge in [0.1, 0.15) is 11.9 Å². The van der Waals surface area contributed by atoms with Crippen molar-refractivity contribution in [3.63, 3.8) is 0 Å². The van der Waals surface area contributed by atoms with Crippen molar-refractivity contribution in [3.8, 4) is 0 Å². The molecule has 0 fully saturated rings. The average molecular weight is 460 g/mol. The molecule has 2 N–H and O–H groups in total. The molecule has 0 aliphatic heterocycles. The van der Waals surface area contributed by atoms with E-state index in [1.54, 1.807) is 24.3 Å². The first-order valence-corrected chi connectivity index (χ1v) is 10.2. The zero-order valence-electron chi connectivity index (χ0n) is 18.2. The normalized spacial score (nSPS) is 12.5.